The van der Waals surface area contributed by atoms with E-state index < -0.39 is 11.9 Å². The summed E-state index contributed by atoms with van der Waals surface area (Å²) in [6.07, 6.45) is 7.38. The summed E-state index contributed by atoms with van der Waals surface area (Å²) >= 11 is 0. The van der Waals surface area contributed by atoms with E-state index in [1.165, 1.54) is 6.08 Å². The second-order valence-electron chi connectivity index (χ2n) is 9.63. The first-order chi connectivity index (χ1) is 20.4. The summed E-state index contributed by atoms with van der Waals surface area (Å²) in [5.41, 5.74) is 13.5. The Morgan fingerprint density at radius 2 is 1.38 bits per heavy atom. The van der Waals surface area contributed by atoms with Crippen molar-refractivity contribution in [1.29, 1.82) is 0 Å². The van der Waals surface area contributed by atoms with Crippen LogP contribution in [-0.2, 0) is 14.3 Å². The standard InChI is InChI=1S/C33H40N2O7/c1-3-28(38-2)17-20-40-30-12-14-31(15-13-30)42-32(36)16-9-24-7-10-29(11-8-24)39-18-5-4-6-19-41-33(37)25-21-26(34)23-27(35)22-25/h7-16,21-23,28H,3-6,17-20,34-35H2,1-2H3. The lowest BCUT2D eigenvalue weighted by atomic mass is 10.2. The lowest BCUT2D eigenvalue weighted by Gasteiger charge is -2.13. The van der Waals surface area contributed by atoms with Crippen molar-refractivity contribution in [2.75, 3.05) is 38.4 Å². The van der Waals surface area contributed by atoms with Gasteiger partial charge in [0.15, 0.2) is 0 Å². The Bertz CT molecular complexity index is 1270. The Labute approximate surface area is 247 Å². The summed E-state index contributed by atoms with van der Waals surface area (Å²) < 4.78 is 27.5. The van der Waals surface area contributed by atoms with Crippen molar-refractivity contribution in [3.05, 3.63) is 83.9 Å². The number of ether oxygens (including phenoxy) is 5. The summed E-state index contributed by atoms with van der Waals surface area (Å²) in [4.78, 5) is 24.3. The normalized spacial score (nSPS) is 11.7. The van der Waals surface area contributed by atoms with E-state index in [9.17, 15) is 9.59 Å². The molecule has 9 nitrogen and oxygen atoms in total. The largest absolute Gasteiger partial charge is 0.494 e. The third kappa shape index (κ3) is 11.5. The van der Waals surface area contributed by atoms with E-state index in [-0.39, 0.29) is 6.10 Å². The first-order valence-corrected chi connectivity index (χ1v) is 14.1. The minimum absolute atomic E-state index is 0.186. The van der Waals surface area contributed by atoms with Crippen LogP contribution in [0.1, 0.15) is 54.9 Å². The number of benzene rings is 3. The molecule has 1 atom stereocenters. The molecule has 0 amide bonds. The van der Waals surface area contributed by atoms with Crippen LogP contribution in [0.15, 0.2) is 72.8 Å². The fraction of sp³-hybridized carbons (Fsp3) is 0.333. The first kappa shape index (κ1) is 32.0. The first-order valence-electron chi connectivity index (χ1n) is 14.1. The van der Waals surface area contributed by atoms with Gasteiger partial charge < -0.3 is 35.2 Å². The fourth-order valence-electron chi connectivity index (χ4n) is 4.00. The highest BCUT2D eigenvalue weighted by Crippen LogP contribution is 2.19. The molecule has 224 valence electrons. The average molecular weight is 577 g/mol. The molecule has 0 bridgehead atoms. The monoisotopic (exact) mass is 576 g/mol. The van der Waals surface area contributed by atoms with Gasteiger partial charge in [-0.2, -0.15) is 0 Å². The van der Waals surface area contributed by atoms with Gasteiger partial charge >= 0.3 is 11.9 Å². The van der Waals surface area contributed by atoms with Gasteiger partial charge in [-0.15, -0.1) is 0 Å². The van der Waals surface area contributed by atoms with E-state index in [4.69, 9.17) is 35.2 Å². The van der Waals surface area contributed by atoms with Gasteiger partial charge in [0, 0.05) is 31.0 Å². The van der Waals surface area contributed by atoms with Gasteiger partial charge in [0.25, 0.3) is 0 Å². The van der Waals surface area contributed by atoms with Crippen molar-refractivity contribution in [2.24, 2.45) is 0 Å². The van der Waals surface area contributed by atoms with Crippen LogP contribution < -0.4 is 25.7 Å². The van der Waals surface area contributed by atoms with E-state index >= 15 is 0 Å². The molecular weight excluding hydrogens is 536 g/mol. The molecule has 0 fully saturated rings. The highest BCUT2D eigenvalue weighted by atomic mass is 16.5. The van der Waals surface area contributed by atoms with Crippen LogP contribution in [0, 0.1) is 0 Å². The maximum atomic E-state index is 12.2. The van der Waals surface area contributed by atoms with Crippen molar-refractivity contribution in [3.63, 3.8) is 0 Å². The highest BCUT2D eigenvalue weighted by molar-refractivity contribution is 5.91. The zero-order valence-corrected chi connectivity index (χ0v) is 24.3. The summed E-state index contributed by atoms with van der Waals surface area (Å²) in [5.74, 6) is 0.966. The van der Waals surface area contributed by atoms with Gasteiger partial charge in [0.2, 0.25) is 0 Å². The molecular formula is C33H40N2O7. The molecule has 0 aromatic heterocycles. The highest BCUT2D eigenvalue weighted by Gasteiger charge is 2.09. The third-order valence-corrected chi connectivity index (χ3v) is 6.34. The quantitative estimate of drug-likeness (QED) is 0.0646. The molecule has 3 aromatic carbocycles. The van der Waals surface area contributed by atoms with Crippen LogP contribution in [-0.4, -0.2) is 45.0 Å². The zero-order chi connectivity index (χ0) is 30.2. The molecule has 0 saturated carbocycles. The van der Waals surface area contributed by atoms with E-state index in [0.29, 0.717) is 48.3 Å². The van der Waals surface area contributed by atoms with Crippen molar-refractivity contribution in [2.45, 2.75) is 45.1 Å². The Morgan fingerprint density at radius 1 is 0.786 bits per heavy atom. The number of nitrogen functional groups attached to an aromatic ring is 2. The van der Waals surface area contributed by atoms with Crippen LogP contribution >= 0.6 is 0 Å². The zero-order valence-electron chi connectivity index (χ0n) is 24.3. The number of rotatable bonds is 17. The second kappa shape index (κ2) is 17.3. The lowest BCUT2D eigenvalue weighted by Crippen LogP contribution is -2.13. The van der Waals surface area contributed by atoms with Crippen LogP contribution in [0.5, 0.6) is 17.2 Å². The molecule has 42 heavy (non-hydrogen) atoms. The molecule has 9 heteroatoms. The predicted molar refractivity (Wildman–Crippen MR) is 164 cm³/mol. The van der Waals surface area contributed by atoms with E-state index in [1.54, 1.807) is 55.7 Å². The number of unbranched alkanes of at least 4 members (excludes halogenated alkanes) is 2. The summed E-state index contributed by atoms with van der Waals surface area (Å²) in [6.45, 7) is 3.48. The minimum Gasteiger partial charge on any atom is -0.494 e. The number of anilines is 2. The molecule has 0 aliphatic heterocycles. The van der Waals surface area contributed by atoms with E-state index in [1.807, 2.05) is 24.3 Å². The third-order valence-electron chi connectivity index (χ3n) is 6.34. The van der Waals surface area contributed by atoms with Crippen molar-refractivity contribution in [1.82, 2.24) is 0 Å². The summed E-state index contributed by atoms with van der Waals surface area (Å²) in [7, 11) is 1.70. The average Bonchev–Trinajstić information content (AvgIpc) is 2.98. The molecule has 3 aromatic rings. The summed E-state index contributed by atoms with van der Waals surface area (Å²) in [6, 6.07) is 19.0. The molecule has 0 saturated heterocycles. The van der Waals surface area contributed by atoms with Gasteiger partial charge in [-0.1, -0.05) is 19.1 Å². The van der Waals surface area contributed by atoms with Crippen molar-refractivity contribution in [3.8, 4) is 17.2 Å². The van der Waals surface area contributed by atoms with Crippen LogP contribution in [0.3, 0.4) is 0 Å². The fourth-order valence-corrected chi connectivity index (χ4v) is 4.00. The molecule has 1 unspecified atom stereocenters. The predicted octanol–water partition coefficient (Wildman–Crippen LogP) is 6.07. The van der Waals surface area contributed by atoms with E-state index in [2.05, 4.69) is 6.92 Å². The number of carbonyl (C=O) groups excluding carboxylic acids is 2. The summed E-state index contributed by atoms with van der Waals surface area (Å²) in [5, 5.41) is 0. The molecule has 0 aliphatic carbocycles. The topological polar surface area (TPSA) is 132 Å². The van der Waals surface area contributed by atoms with Gasteiger partial charge in [0.1, 0.15) is 17.2 Å². The number of hydrogen-bond donors (Lipinski definition) is 2. The van der Waals surface area contributed by atoms with Gasteiger partial charge in [0.05, 0.1) is 31.5 Å². The van der Waals surface area contributed by atoms with Crippen molar-refractivity contribution >= 4 is 29.4 Å². The maximum Gasteiger partial charge on any atom is 0.338 e. The second-order valence-corrected chi connectivity index (χ2v) is 9.63. The number of methoxy groups -OCH3 is 1. The number of carbonyl (C=O) groups is 2. The smallest absolute Gasteiger partial charge is 0.338 e. The number of nitrogens with two attached hydrogens (primary N) is 2. The molecule has 4 N–H and O–H groups in total. The Hall–Kier alpha value is -4.50. The Morgan fingerprint density at radius 3 is 2.02 bits per heavy atom. The van der Waals surface area contributed by atoms with Crippen LogP contribution in [0.2, 0.25) is 0 Å². The van der Waals surface area contributed by atoms with E-state index in [0.717, 1.165) is 43.4 Å². The number of esters is 2. The minimum atomic E-state index is -0.474. The molecule has 3 rings (SSSR count). The van der Waals surface area contributed by atoms with Crippen molar-refractivity contribution < 1.29 is 33.3 Å². The van der Waals surface area contributed by atoms with Crippen LogP contribution in [0.25, 0.3) is 6.08 Å². The lowest BCUT2D eigenvalue weighted by molar-refractivity contribution is -0.128. The number of hydrogen-bond acceptors (Lipinski definition) is 9. The van der Waals surface area contributed by atoms with Gasteiger partial charge in [-0.05, 0) is 91.9 Å². The molecule has 0 aliphatic rings. The Kier molecular flexibility index (Phi) is 13.2. The van der Waals surface area contributed by atoms with Gasteiger partial charge in [-0.25, -0.2) is 9.59 Å². The Balaban J connectivity index is 1.29. The maximum absolute atomic E-state index is 12.2. The van der Waals surface area contributed by atoms with Crippen LogP contribution in [0.4, 0.5) is 11.4 Å². The molecule has 0 spiro atoms. The molecule has 0 heterocycles. The SMILES string of the molecule is CCC(CCOc1ccc(OC(=O)C=Cc2ccc(OCCCCCOC(=O)c3cc(N)cc(N)c3)cc2)cc1)OC. The van der Waals surface area contributed by atoms with Gasteiger partial charge in [-0.3, -0.25) is 0 Å². The molecule has 0 radical (unpaired) electrons.